The number of benzene rings is 1. The molecule has 0 aliphatic heterocycles. The maximum Gasteiger partial charge on any atom is 0.270 e. The summed E-state index contributed by atoms with van der Waals surface area (Å²) in [6, 6.07) is 6.13. The van der Waals surface area contributed by atoms with Gasteiger partial charge in [0.1, 0.15) is 5.82 Å². The first-order chi connectivity index (χ1) is 10.6. The van der Waals surface area contributed by atoms with E-state index in [1.165, 1.54) is 12.1 Å². The van der Waals surface area contributed by atoms with E-state index in [-0.39, 0.29) is 18.0 Å². The molecule has 23 heavy (non-hydrogen) atoms. The van der Waals surface area contributed by atoms with Crippen molar-refractivity contribution in [1.82, 2.24) is 9.55 Å². The van der Waals surface area contributed by atoms with Crippen LogP contribution >= 0.6 is 0 Å². The molecule has 0 aliphatic rings. The summed E-state index contributed by atoms with van der Waals surface area (Å²) in [4.78, 5) is 14.6. The van der Waals surface area contributed by atoms with E-state index in [9.17, 15) is 18.5 Å². The lowest BCUT2D eigenvalue weighted by Crippen LogP contribution is -2.32. The van der Waals surface area contributed by atoms with E-state index in [2.05, 4.69) is 4.98 Å². The summed E-state index contributed by atoms with van der Waals surface area (Å²) >= 11 is 0. The Labute approximate surface area is 135 Å². The number of aryl methyl sites for hydroxylation is 1. The van der Waals surface area contributed by atoms with Crippen LogP contribution in [0.5, 0.6) is 0 Å². The smallest absolute Gasteiger partial charge is 0.270 e. The van der Waals surface area contributed by atoms with Crippen molar-refractivity contribution in [1.29, 1.82) is 0 Å². The summed E-state index contributed by atoms with van der Waals surface area (Å²) in [5.41, 5.74) is 0.553. The van der Waals surface area contributed by atoms with E-state index in [0.717, 1.165) is 0 Å². The second-order valence-corrected chi connectivity index (χ2v) is 9.05. The van der Waals surface area contributed by atoms with Crippen molar-refractivity contribution in [2.45, 2.75) is 32.1 Å². The fourth-order valence-corrected chi connectivity index (χ4v) is 3.08. The number of hydrogen-bond acceptors (Lipinski definition) is 5. The van der Waals surface area contributed by atoms with E-state index in [4.69, 9.17) is 0 Å². The van der Waals surface area contributed by atoms with Crippen molar-refractivity contribution in [3.8, 4) is 11.4 Å². The molecule has 0 unspecified atom stereocenters. The molecule has 0 amide bonds. The molecule has 0 fully saturated rings. The van der Waals surface area contributed by atoms with Gasteiger partial charge in [0.05, 0.1) is 15.4 Å². The number of aromatic nitrogens is 2. The fraction of sp³-hybridized carbons (Fsp3) is 0.400. The highest BCUT2D eigenvalue weighted by Gasteiger charge is 2.28. The van der Waals surface area contributed by atoms with Gasteiger partial charge in [-0.25, -0.2) is 13.4 Å². The topological polar surface area (TPSA) is 95.1 Å². The van der Waals surface area contributed by atoms with Crippen LogP contribution in [0.15, 0.2) is 36.7 Å². The molecule has 1 aromatic heterocycles. The molecule has 8 heteroatoms. The number of nitro groups is 1. The van der Waals surface area contributed by atoms with Gasteiger partial charge in [0, 0.05) is 36.6 Å². The first-order valence-corrected chi connectivity index (χ1v) is 8.75. The van der Waals surface area contributed by atoms with Gasteiger partial charge in [-0.15, -0.1) is 0 Å². The largest absolute Gasteiger partial charge is 0.330 e. The lowest BCUT2D eigenvalue weighted by atomic mass is 10.2. The third kappa shape index (κ3) is 3.76. The number of nitrogens with zero attached hydrogens (tertiary/aromatic N) is 3. The molecule has 0 bridgehead atoms. The van der Waals surface area contributed by atoms with Gasteiger partial charge in [0.25, 0.3) is 5.69 Å². The molecule has 2 aromatic rings. The fourth-order valence-electron chi connectivity index (χ4n) is 2.03. The molecule has 2 rings (SSSR count). The van der Waals surface area contributed by atoms with E-state index in [1.54, 1.807) is 49.9 Å². The minimum absolute atomic E-state index is 0.0191. The first kappa shape index (κ1) is 17.1. The Kier molecular flexibility index (Phi) is 4.56. The molecule has 124 valence electrons. The summed E-state index contributed by atoms with van der Waals surface area (Å²) in [5, 5.41) is 10.9. The zero-order chi connectivity index (χ0) is 17.3. The van der Waals surface area contributed by atoms with Gasteiger partial charge in [0.15, 0.2) is 9.84 Å². The van der Waals surface area contributed by atoms with Crippen molar-refractivity contribution < 1.29 is 13.3 Å². The molecule has 0 radical (unpaired) electrons. The van der Waals surface area contributed by atoms with E-state index >= 15 is 0 Å². The highest BCUT2D eigenvalue weighted by atomic mass is 32.2. The third-order valence-corrected chi connectivity index (χ3v) is 6.15. The Morgan fingerprint density at radius 2 is 2.00 bits per heavy atom. The highest BCUT2D eigenvalue weighted by Crippen LogP contribution is 2.23. The number of rotatable bonds is 5. The number of sulfone groups is 1. The highest BCUT2D eigenvalue weighted by molar-refractivity contribution is 7.92. The Balaban J connectivity index is 2.27. The number of hydrogen-bond donors (Lipinski definition) is 0. The van der Waals surface area contributed by atoms with E-state index in [1.807, 2.05) is 0 Å². The van der Waals surface area contributed by atoms with Crippen LogP contribution in [0.4, 0.5) is 5.69 Å². The van der Waals surface area contributed by atoms with Crippen molar-refractivity contribution in [2.75, 3.05) is 5.75 Å². The third-order valence-electron chi connectivity index (χ3n) is 3.56. The first-order valence-electron chi connectivity index (χ1n) is 7.10. The Bertz CT molecular complexity index is 819. The molecule has 1 heterocycles. The summed E-state index contributed by atoms with van der Waals surface area (Å²) in [6.45, 7) is 5.24. The van der Waals surface area contributed by atoms with Gasteiger partial charge in [-0.2, -0.15) is 0 Å². The Morgan fingerprint density at radius 3 is 2.61 bits per heavy atom. The quantitative estimate of drug-likeness (QED) is 0.617. The SMILES string of the molecule is CC(C)(C)S(=O)(=O)CCn1ccnc1-c1cccc([N+](=O)[O-])c1. The minimum atomic E-state index is -3.25. The molecule has 1 aromatic carbocycles. The van der Waals surface area contributed by atoms with Crippen LogP contribution in [0.2, 0.25) is 0 Å². The van der Waals surface area contributed by atoms with Crippen LogP contribution in [-0.4, -0.2) is 33.4 Å². The molecule has 0 N–H and O–H groups in total. The summed E-state index contributed by atoms with van der Waals surface area (Å²) in [7, 11) is -3.25. The molecule has 0 aliphatic carbocycles. The molecule has 0 saturated carbocycles. The average Bonchev–Trinajstić information content (AvgIpc) is 2.92. The van der Waals surface area contributed by atoms with Crippen LogP contribution in [0.25, 0.3) is 11.4 Å². The molecule has 0 spiro atoms. The van der Waals surface area contributed by atoms with Crippen molar-refractivity contribution in [3.05, 3.63) is 46.8 Å². The van der Waals surface area contributed by atoms with E-state index < -0.39 is 19.5 Å². The zero-order valence-corrected chi connectivity index (χ0v) is 14.1. The van der Waals surface area contributed by atoms with Crippen LogP contribution in [-0.2, 0) is 16.4 Å². The maximum absolute atomic E-state index is 12.2. The second-order valence-electron chi connectivity index (χ2n) is 6.18. The Hall–Kier alpha value is -2.22. The van der Waals surface area contributed by atoms with Crippen LogP contribution in [0, 0.1) is 10.1 Å². The summed E-state index contributed by atoms with van der Waals surface area (Å²) in [6.07, 6.45) is 3.23. The van der Waals surface area contributed by atoms with Gasteiger partial charge in [-0.3, -0.25) is 10.1 Å². The van der Waals surface area contributed by atoms with Gasteiger partial charge < -0.3 is 4.57 Å². The summed E-state index contributed by atoms with van der Waals surface area (Å²) in [5.74, 6) is 0.493. The molecular weight excluding hydrogens is 318 g/mol. The maximum atomic E-state index is 12.2. The average molecular weight is 337 g/mol. The van der Waals surface area contributed by atoms with Crippen LogP contribution in [0.3, 0.4) is 0 Å². The molecular formula is C15H19N3O4S. The van der Waals surface area contributed by atoms with Crippen molar-refractivity contribution >= 4 is 15.5 Å². The minimum Gasteiger partial charge on any atom is -0.330 e. The number of imidazole rings is 1. The molecule has 7 nitrogen and oxygen atoms in total. The number of nitro benzene ring substituents is 1. The van der Waals surface area contributed by atoms with Gasteiger partial charge in [-0.1, -0.05) is 12.1 Å². The lowest BCUT2D eigenvalue weighted by Gasteiger charge is -2.19. The molecule has 0 atom stereocenters. The molecule has 0 saturated heterocycles. The van der Waals surface area contributed by atoms with Gasteiger partial charge in [-0.05, 0) is 20.8 Å². The van der Waals surface area contributed by atoms with Gasteiger partial charge >= 0.3 is 0 Å². The predicted octanol–water partition coefficient (Wildman–Crippen LogP) is 2.67. The van der Waals surface area contributed by atoms with Crippen molar-refractivity contribution in [2.24, 2.45) is 0 Å². The van der Waals surface area contributed by atoms with Crippen LogP contribution < -0.4 is 0 Å². The second kappa shape index (κ2) is 6.11. The zero-order valence-electron chi connectivity index (χ0n) is 13.3. The van der Waals surface area contributed by atoms with Crippen molar-refractivity contribution in [3.63, 3.8) is 0 Å². The predicted molar refractivity (Wildman–Crippen MR) is 87.9 cm³/mol. The Morgan fingerprint density at radius 1 is 1.30 bits per heavy atom. The summed E-state index contributed by atoms with van der Waals surface area (Å²) < 4.78 is 25.3. The van der Waals surface area contributed by atoms with E-state index in [0.29, 0.717) is 11.4 Å². The van der Waals surface area contributed by atoms with Crippen LogP contribution in [0.1, 0.15) is 20.8 Å². The normalized spacial score (nSPS) is 12.3. The van der Waals surface area contributed by atoms with Gasteiger partial charge in [0.2, 0.25) is 0 Å². The monoisotopic (exact) mass is 337 g/mol. The standard InChI is InChI=1S/C15H19N3O4S/c1-15(2,3)23(21,22)10-9-17-8-7-16-14(17)12-5-4-6-13(11-12)18(19)20/h4-8,11H,9-10H2,1-3H3. The lowest BCUT2D eigenvalue weighted by molar-refractivity contribution is -0.384. The number of non-ortho nitro benzene ring substituents is 1.